The molecule has 1 rings (SSSR count). The first kappa shape index (κ1) is 15.2. The number of aromatic carboxylic acids is 1. The Kier molecular flexibility index (Phi) is 4.72. The number of amides is 1. The summed E-state index contributed by atoms with van der Waals surface area (Å²) in [4.78, 5) is 22.5. The third-order valence-electron chi connectivity index (χ3n) is 2.37. The van der Waals surface area contributed by atoms with E-state index in [0.29, 0.717) is 12.3 Å². The Bertz CT molecular complexity index is 459. The second-order valence-corrected chi connectivity index (χ2v) is 5.45. The molecule has 0 aliphatic rings. The van der Waals surface area contributed by atoms with E-state index in [1.807, 2.05) is 20.8 Å². The summed E-state index contributed by atoms with van der Waals surface area (Å²) in [5.74, 6) is -0.668. The number of furan rings is 1. The summed E-state index contributed by atoms with van der Waals surface area (Å²) < 4.78 is 5.08. The van der Waals surface area contributed by atoms with E-state index in [0.717, 1.165) is 0 Å². The molecule has 0 bridgehead atoms. The van der Waals surface area contributed by atoms with Gasteiger partial charge in [-0.25, -0.2) is 4.79 Å². The normalized spacial score (nSPS) is 13.1. The Morgan fingerprint density at radius 2 is 2.05 bits per heavy atom. The summed E-state index contributed by atoms with van der Waals surface area (Å²) >= 11 is 0. The van der Waals surface area contributed by atoms with E-state index in [1.54, 1.807) is 6.92 Å². The average Bonchev–Trinajstić information content (AvgIpc) is 2.72. The van der Waals surface area contributed by atoms with Crippen molar-refractivity contribution in [3.63, 3.8) is 0 Å². The molecule has 6 nitrogen and oxygen atoms in total. The Balaban J connectivity index is 2.47. The van der Waals surface area contributed by atoms with E-state index in [-0.39, 0.29) is 17.0 Å². The number of hydrogen-bond acceptors (Lipinski definition) is 4. The molecule has 1 amide bonds. The van der Waals surface area contributed by atoms with Gasteiger partial charge in [-0.2, -0.15) is 0 Å². The van der Waals surface area contributed by atoms with Gasteiger partial charge in [0.15, 0.2) is 0 Å². The van der Waals surface area contributed by atoms with Crippen LogP contribution in [0.3, 0.4) is 0 Å². The average molecular weight is 268 g/mol. The van der Waals surface area contributed by atoms with Gasteiger partial charge in [-0.1, -0.05) is 0 Å². The Morgan fingerprint density at radius 3 is 2.53 bits per heavy atom. The Labute approximate surface area is 112 Å². The Hall–Kier alpha value is -1.82. The zero-order valence-electron chi connectivity index (χ0n) is 11.6. The van der Waals surface area contributed by atoms with Gasteiger partial charge in [0, 0.05) is 5.54 Å². The van der Waals surface area contributed by atoms with Crippen LogP contribution in [0.2, 0.25) is 0 Å². The largest absolute Gasteiger partial charge is 0.478 e. The van der Waals surface area contributed by atoms with Gasteiger partial charge in [-0.3, -0.25) is 10.1 Å². The zero-order chi connectivity index (χ0) is 14.6. The molecule has 0 saturated heterocycles. The molecule has 1 heterocycles. The monoisotopic (exact) mass is 268 g/mol. The van der Waals surface area contributed by atoms with Crippen molar-refractivity contribution in [3.8, 4) is 0 Å². The molecule has 0 saturated carbocycles. The van der Waals surface area contributed by atoms with Crippen molar-refractivity contribution >= 4 is 11.9 Å². The molecule has 106 valence electrons. The van der Waals surface area contributed by atoms with Crippen LogP contribution in [0.5, 0.6) is 0 Å². The van der Waals surface area contributed by atoms with Crippen LogP contribution in [-0.4, -0.2) is 28.6 Å². The molecule has 1 aromatic rings. The van der Waals surface area contributed by atoms with Gasteiger partial charge in [0.1, 0.15) is 12.0 Å². The predicted octanol–water partition coefficient (Wildman–Crippen LogP) is 1.37. The summed E-state index contributed by atoms with van der Waals surface area (Å²) in [6, 6.07) is 1.04. The van der Waals surface area contributed by atoms with Gasteiger partial charge in [0.05, 0.1) is 18.2 Å². The number of hydrogen-bond donors (Lipinski definition) is 3. The number of carbonyl (C=O) groups excluding carboxylic acids is 1. The summed E-state index contributed by atoms with van der Waals surface area (Å²) in [6.07, 6.45) is 1.18. The standard InChI is InChI=1S/C13H20N2O4/c1-8(11(16)15-13(2,3)4)14-6-10-5-9(7-19-10)12(17)18/h5,7-8,14H,6H2,1-4H3,(H,15,16)(H,17,18). The maximum Gasteiger partial charge on any atom is 0.338 e. The summed E-state index contributed by atoms with van der Waals surface area (Å²) in [7, 11) is 0. The van der Waals surface area contributed by atoms with Crippen molar-refractivity contribution in [2.45, 2.75) is 45.8 Å². The third-order valence-corrected chi connectivity index (χ3v) is 2.37. The second kappa shape index (κ2) is 5.88. The van der Waals surface area contributed by atoms with Crippen LogP contribution in [0, 0.1) is 0 Å². The molecule has 6 heteroatoms. The summed E-state index contributed by atoms with van der Waals surface area (Å²) in [5, 5.41) is 14.6. The first-order valence-electron chi connectivity index (χ1n) is 6.05. The van der Waals surface area contributed by atoms with Crippen LogP contribution < -0.4 is 10.6 Å². The van der Waals surface area contributed by atoms with E-state index >= 15 is 0 Å². The number of nitrogens with one attached hydrogen (secondary N) is 2. The lowest BCUT2D eigenvalue weighted by Crippen LogP contribution is -2.49. The van der Waals surface area contributed by atoms with Crippen molar-refractivity contribution in [1.82, 2.24) is 10.6 Å². The summed E-state index contributed by atoms with van der Waals surface area (Å²) in [5.41, 5.74) is -0.183. The van der Waals surface area contributed by atoms with Crippen molar-refractivity contribution in [2.24, 2.45) is 0 Å². The lowest BCUT2D eigenvalue weighted by Gasteiger charge is -2.23. The lowest BCUT2D eigenvalue weighted by atomic mass is 10.1. The molecule has 0 aromatic carbocycles. The molecule has 0 fully saturated rings. The van der Waals surface area contributed by atoms with Crippen molar-refractivity contribution in [3.05, 3.63) is 23.7 Å². The number of carboxylic acids is 1. The van der Waals surface area contributed by atoms with Gasteiger partial charge in [-0.15, -0.1) is 0 Å². The molecule has 0 radical (unpaired) electrons. The predicted molar refractivity (Wildman–Crippen MR) is 69.9 cm³/mol. The van der Waals surface area contributed by atoms with Crippen molar-refractivity contribution < 1.29 is 19.1 Å². The molecular weight excluding hydrogens is 248 g/mol. The molecule has 1 atom stereocenters. The molecule has 1 unspecified atom stereocenters. The first-order valence-corrected chi connectivity index (χ1v) is 6.05. The van der Waals surface area contributed by atoms with Crippen LogP contribution in [0.4, 0.5) is 0 Å². The van der Waals surface area contributed by atoms with Crippen LogP contribution in [-0.2, 0) is 11.3 Å². The quantitative estimate of drug-likeness (QED) is 0.750. The molecular formula is C13H20N2O4. The van der Waals surface area contributed by atoms with Crippen molar-refractivity contribution in [1.29, 1.82) is 0 Å². The third kappa shape index (κ3) is 5.13. The highest BCUT2D eigenvalue weighted by Gasteiger charge is 2.19. The SMILES string of the molecule is CC(NCc1cc(C(=O)O)co1)C(=O)NC(C)(C)C. The van der Waals surface area contributed by atoms with E-state index in [4.69, 9.17) is 9.52 Å². The fourth-order valence-corrected chi connectivity index (χ4v) is 1.41. The van der Waals surface area contributed by atoms with Gasteiger partial charge in [0.2, 0.25) is 5.91 Å². The highest BCUT2D eigenvalue weighted by atomic mass is 16.4. The van der Waals surface area contributed by atoms with Crippen LogP contribution in [0.25, 0.3) is 0 Å². The zero-order valence-corrected chi connectivity index (χ0v) is 11.6. The van der Waals surface area contributed by atoms with E-state index in [2.05, 4.69) is 10.6 Å². The fourth-order valence-electron chi connectivity index (χ4n) is 1.41. The van der Waals surface area contributed by atoms with Crippen molar-refractivity contribution in [2.75, 3.05) is 0 Å². The lowest BCUT2D eigenvalue weighted by molar-refractivity contribution is -0.124. The number of carbonyl (C=O) groups is 2. The number of carboxylic acid groups (broad SMARTS) is 1. The van der Waals surface area contributed by atoms with E-state index < -0.39 is 12.0 Å². The minimum Gasteiger partial charge on any atom is -0.478 e. The van der Waals surface area contributed by atoms with Crippen LogP contribution >= 0.6 is 0 Å². The summed E-state index contributed by atoms with van der Waals surface area (Å²) in [6.45, 7) is 7.75. The molecule has 3 N–H and O–H groups in total. The van der Waals surface area contributed by atoms with Gasteiger partial charge < -0.3 is 14.8 Å². The van der Waals surface area contributed by atoms with E-state index in [1.165, 1.54) is 12.3 Å². The van der Waals surface area contributed by atoms with Gasteiger partial charge in [0.25, 0.3) is 0 Å². The maximum atomic E-state index is 11.8. The topological polar surface area (TPSA) is 91.6 Å². The van der Waals surface area contributed by atoms with Crippen LogP contribution in [0.15, 0.2) is 16.7 Å². The van der Waals surface area contributed by atoms with Gasteiger partial charge in [-0.05, 0) is 33.8 Å². The molecule has 0 aliphatic carbocycles. The highest BCUT2D eigenvalue weighted by Crippen LogP contribution is 2.08. The number of rotatable bonds is 5. The highest BCUT2D eigenvalue weighted by molar-refractivity contribution is 5.87. The molecule has 0 spiro atoms. The Morgan fingerprint density at radius 1 is 1.42 bits per heavy atom. The maximum absolute atomic E-state index is 11.8. The van der Waals surface area contributed by atoms with Gasteiger partial charge >= 0.3 is 5.97 Å². The van der Waals surface area contributed by atoms with E-state index in [9.17, 15) is 9.59 Å². The molecule has 1 aromatic heterocycles. The smallest absolute Gasteiger partial charge is 0.338 e. The van der Waals surface area contributed by atoms with Crippen LogP contribution in [0.1, 0.15) is 43.8 Å². The second-order valence-electron chi connectivity index (χ2n) is 5.45. The first-order chi connectivity index (χ1) is 8.69. The fraction of sp³-hybridized carbons (Fsp3) is 0.538. The molecule has 0 aliphatic heterocycles. The minimum atomic E-state index is -1.03. The molecule has 19 heavy (non-hydrogen) atoms. The minimum absolute atomic E-state index is 0.101.